The van der Waals surface area contributed by atoms with Crippen LogP contribution < -0.4 is 0 Å². The van der Waals surface area contributed by atoms with Gasteiger partial charge < -0.3 is 55.8 Å². The third-order valence-electron chi connectivity index (χ3n) is 5.80. The zero-order chi connectivity index (χ0) is 31.1. The molecule has 0 aromatic carbocycles. The molecule has 3 N–H and O–H groups in total. The van der Waals surface area contributed by atoms with Gasteiger partial charge in [-0.1, -0.05) is 0 Å². The number of aliphatic hydroxyl groups excluding tert-OH is 3. The molecule has 16 heteroatoms. The number of rotatable bonds is 30. The number of aliphatic hydroxyl groups is 3. The van der Waals surface area contributed by atoms with Gasteiger partial charge in [0.15, 0.2) is 16.6 Å². The first-order valence-corrected chi connectivity index (χ1v) is 26.0. The molecular formula is C25H60O12Si4. The first-order valence-electron chi connectivity index (χ1n) is 14.8. The van der Waals surface area contributed by atoms with E-state index in [4.69, 9.17) is 55.8 Å². The minimum atomic E-state index is -3.19. The van der Waals surface area contributed by atoms with E-state index in [1.807, 2.05) is 19.6 Å². The van der Waals surface area contributed by atoms with Crippen LogP contribution in [0, 0.1) is 0 Å². The molecule has 0 bridgehead atoms. The van der Waals surface area contributed by atoms with Gasteiger partial charge in [0.25, 0.3) is 0 Å². The lowest BCUT2D eigenvalue weighted by molar-refractivity contribution is -0.0466. The first-order chi connectivity index (χ1) is 19.3. The summed E-state index contributed by atoms with van der Waals surface area (Å²) in [5.41, 5.74) is 0. The lowest BCUT2D eigenvalue weighted by atomic mass is 10.3. The van der Waals surface area contributed by atoms with Gasteiger partial charge in [-0.25, -0.2) is 0 Å². The molecule has 248 valence electrons. The van der Waals surface area contributed by atoms with E-state index in [9.17, 15) is 0 Å². The molecule has 0 aliphatic rings. The number of unbranched alkanes of at least 4 members (excludes halogenated alkanes) is 1. The van der Waals surface area contributed by atoms with Crippen molar-refractivity contribution in [3.63, 3.8) is 0 Å². The zero-order valence-corrected chi connectivity index (χ0v) is 30.7. The van der Waals surface area contributed by atoms with Gasteiger partial charge in [0.1, 0.15) is 13.6 Å². The summed E-state index contributed by atoms with van der Waals surface area (Å²) < 4.78 is 53.5. The highest BCUT2D eigenvalue weighted by molar-refractivity contribution is 6.85. The smallest absolute Gasteiger partial charge is 0.436 e. The molecule has 0 unspecified atom stereocenters. The van der Waals surface area contributed by atoms with Crippen LogP contribution in [0.5, 0.6) is 0 Å². The van der Waals surface area contributed by atoms with E-state index in [-0.39, 0.29) is 33.4 Å². The third-order valence-corrected chi connectivity index (χ3v) is 18.7. The highest BCUT2D eigenvalue weighted by Crippen LogP contribution is 2.25. The third kappa shape index (κ3) is 25.4. The quantitative estimate of drug-likeness (QED) is 0.0589. The number of hydrogen-bond acceptors (Lipinski definition) is 12. The van der Waals surface area contributed by atoms with E-state index in [1.54, 1.807) is 0 Å². The van der Waals surface area contributed by atoms with Gasteiger partial charge in [-0.15, -0.1) is 0 Å². The summed E-state index contributed by atoms with van der Waals surface area (Å²) in [6.45, 7) is 18.0. The van der Waals surface area contributed by atoms with E-state index < -0.39 is 34.0 Å². The molecule has 0 saturated carbocycles. The average molecular weight is 665 g/mol. The van der Waals surface area contributed by atoms with Gasteiger partial charge in [-0.05, 0) is 77.1 Å². The van der Waals surface area contributed by atoms with Crippen LogP contribution in [0.2, 0.25) is 57.9 Å². The van der Waals surface area contributed by atoms with Crippen LogP contribution >= 0.6 is 0 Å². The van der Waals surface area contributed by atoms with Crippen LogP contribution in [0.25, 0.3) is 0 Å². The molecule has 1 atom stereocenters. The Balaban J connectivity index is 4.96. The molecule has 0 heterocycles. The minimum Gasteiger partial charge on any atom is -0.436 e. The molecule has 0 aromatic heterocycles. The summed E-state index contributed by atoms with van der Waals surface area (Å²) >= 11 is 0. The van der Waals surface area contributed by atoms with Crippen molar-refractivity contribution in [3.8, 4) is 0 Å². The highest BCUT2D eigenvalue weighted by Gasteiger charge is 2.46. The van der Waals surface area contributed by atoms with Gasteiger partial charge in [0.2, 0.25) is 0 Å². The Morgan fingerprint density at radius 3 is 1.39 bits per heavy atom. The van der Waals surface area contributed by atoms with Crippen molar-refractivity contribution in [1.29, 1.82) is 0 Å². The molecule has 0 spiro atoms. The molecular weight excluding hydrogens is 605 g/mol. The summed E-state index contributed by atoms with van der Waals surface area (Å²) in [5, 5.41) is 26.5. The fraction of sp³-hybridized carbons (Fsp3) is 1.00. The minimum absolute atomic E-state index is 0.0259. The van der Waals surface area contributed by atoms with Crippen molar-refractivity contribution in [2.75, 3.05) is 79.7 Å². The normalized spacial score (nSPS) is 14.5. The van der Waals surface area contributed by atoms with Crippen molar-refractivity contribution < 1.29 is 55.8 Å². The summed E-state index contributed by atoms with van der Waals surface area (Å²) in [4.78, 5) is 0. The van der Waals surface area contributed by atoms with Crippen molar-refractivity contribution >= 4 is 34.0 Å². The van der Waals surface area contributed by atoms with Crippen molar-refractivity contribution in [1.82, 2.24) is 0 Å². The Morgan fingerprint density at radius 2 is 0.878 bits per heavy atom. The Bertz CT molecular complexity index is 619. The van der Waals surface area contributed by atoms with Gasteiger partial charge in [0, 0.05) is 33.0 Å². The monoisotopic (exact) mass is 664 g/mol. The second kappa shape index (κ2) is 23.7. The lowest BCUT2D eigenvalue weighted by Gasteiger charge is -2.38. The molecule has 0 rings (SSSR count). The fourth-order valence-corrected chi connectivity index (χ4v) is 17.6. The number of ether oxygens (including phenoxy) is 4. The van der Waals surface area contributed by atoms with Gasteiger partial charge in [-0.2, -0.15) is 0 Å². The lowest BCUT2D eigenvalue weighted by Crippen LogP contribution is -2.56. The molecule has 0 amide bonds. The summed E-state index contributed by atoms with van der Waals surface area (Å²) in [7, 11) is -9.91. The van der Waals surface area contributed by atoms with Crippen molar-refractivity contribution in [2.45, 2.75) is 83.6 Å². The van der Waals surface area contributed by atoms with Crippen LogP contribution in [0.15, 0.2) is 0 Å². The molecule has 41 heavy (non-hydrogen) atoms. The SMILES string of the molecule is C[Si](C)(CCCOCCO)OCO[Si@@](C)(OCOCCCCOCCO)O[Si](C)(C)O[Si](C)(C)CCCOCCO. The van der Waals surface area contributed by atoms with Crippen LogP contribution in [0.3, 0.4) is 0 Å². The van der Waals surface area contributed by atoms with E-state index in [0.717, 1.165) is 37.8 Å². The second-order valence-electron chi connectivity index (χ2n) is 11.5. The van der Waals surface area contributed by atoms with E-state index in [0.29, 0.717) is 46.2 Å². The van der Waals surface area contributed by atoms with Crippen LogP contribution in [0.4, 0.5) is 0 Å². The predicted molar refractivity (Wildman–Crippen MR) is 167 cm³/mol. The first kappa shape index (κ1) is 41.4. The van der Waals surface area contributed by atoms with Gasteiger partial charge in [-0.3, -0.25) is 0 Å². The van der Waals surface area contributed by atoms with E-state index in [1.165, 1.54) is 0 Å². The van der Waals surface area contributed by atoms with Gasteiger partial charge in [0.05, 0.1) is 39.6 Å². The Labute approximate surface area is 252 Å². The summed E-state index contributed by atoms with van der Waals surface area (Å²) in [6.07, 6.45) is 3.37. The second-order valence-corrected chi connectivity index (χ2v) is 26.5. The van der Waals surface area contributed by atoms with E-state index in [2.05, 4.69) is 26.2 Å². The van der Waals surface area contributed by atoms with Crippen LogP contribution in [-0.4, -0.2) is 129 Å². The van der Waals surface area contributed by atoms with Crippen molar-refractivity contribution in [2.24, 2.45) is 0 Å². The highest BCUT2D eigenvalue weighted by atomic mass is 28.5. The molecule has 0 aromatic rings. The maximum Gasteiger partial charge on any atom is 0.492 e. The molecule has 0 fully saturated rings. The largest absolute Gasteiger partial charge is 0.492 e. The van der Waals surface area contributed by atoms with Crippen LogP contribution in [-0.2, 0) is 40.5 Å². The maximum atomic E-state index is 8.89. The Morgan fingerprint density at radius 1 is 0.439 bits per heavy atom. The van der Waals surface area contributed by atoms with Crippen molar-refractivity contribution in [3.05, 3.63) is 0 Å². The van der Waals surface area contributed by atoms with Gasteiger partial charge >= 0.3 is 17.4 Å². The molecule has 0 aliphatic carbocycles. The Hall–Kier alpha value is 0.388. The number of hydrogen-bond donors (Lipinski definition) is 3. The zero-order valence-electron chi connectivity index (χ0n) is 26.7. The molecule has 0 aliphatic heterocycles. The topological polar surface area (TPSA) is 144 Å². The van der Waals surface area contributed by atoms with E-state index >= 15 is 0 Å². The summed E-state index contributed by atoms with van der Waals surface area (Å²) in [5.74, 6) is 0. The molecule has 0 saturated heterocycles. The standard InChI is InChI=1S/C25H60O12Si4/c1-38(2,22-10-17-30-20-13-27)33-25-35-41(7,34-24-32-16-9-8-15-29-19-12-26)37-40(5,6)36-39(3,4)23-11-18-31-21-14-28/h26-28H,8-25H2,1-7H3/t41-/m1/s1. The predicted octanol–water partition coefficient (Wildman–Crippen LogP) is 3.27. The average Bonchev–Trinajstić information content (AvgIpc) is 2.86. The van der Waals surface area contributed by atoms with Crippen LogP contribution in [0.1, 0.15) is 25.7 Å². The summed E-state index contributed by atoms with van der Waals surface area (Å²) in [6, 6.07) is 1.81. The fourth-order valence-electron chi connectivity index (χ4n) is 3.97. The molecule has 0 radical (unpaired) electrons. The maximum absolute atomic E-state index is 8.89. The Kier molecular flexibility index (Phi) is 24.0. The molecule has 12 nitrogen and oxygen atoms in total.